The maximum absolute atomic E-state index is 12.4. The van der Waals surface area contributed by atoms with Gasteiger partial charge in [0, 0.05) is 17.8 Å². The van der Waals surface area contributed by atoms with Crippen molar-refractivity contribution >= 4 is 27.6 Å². The molecule has 0 heterocycles. The van der Waals surface area contributed by atoms with Crippen LogP contribution in [-0.4, -0.2) is 27.4 Å². The van der Waals surface area contributed by atoms with Gasteiger partial charge in [-0.15, -0.1) is 0 Å². The third kappa shape index (κ3) is 5.31. The van der Waals surface area contributed by atoms with Gasteiger partial charge in [0.2, 0.25) is 10.0 Å². The molecule has 0 saturated heterocycles. The second-order valence-corrected chi connectivity index (χ2v) is 8.12. The Morgan fingerprint density at radius 1 is 0.833 bits per heavy atom. The van der Waals surface area contributed by atoms with Gasteiger partial charge in [0.05, 0.1) is 17.6 Å². The van der Waals surface area contributed by atoms with Gasteiger partial charge in [0.15, 0.2) is 0 Å². The molecule has 3 aromatic carbocycles. The molecular formula is C22H20N2O5S. The van der Waals surface area contributed by atoms with Crippen LogP contribution >= 0.6 is 0 Å². The summed E-state index contributed by atoms with van der Waals surface area (Å²) in [6, 6.07) is 21.1. The summed E-state index contributed by atoms with van der Waals surface area (Å²) < 4.78 is 32.0. The summed E-state index contributed by atoms with van der Waals surface area (Å²) in [5.41, 5.74) is 1.98. The maximum Gasteiger partial charge on any atom is 0.337 e. The van der Waals surface area contributed by atoms with Gasteiger partial charge in [0.25, 0.3) is 5.91 Å². The first-order chi connectivity index (χ1) is 14.4. The molecule has 0 atom stereocenters. The molecule has 0 spiro atoms. The van der Waals surface area contributed by atoms with E-state index in [0.717, 1.165) is 5.56 Å². The van der Waals surface area contributed by atoms with Crippen molar-refractivity contribution in [2.24, 2.45) is 0 Å². The molecule has 1 amide bonds. The van der Waals surface area contributed by atoms with Crippen LogP contribution in [-0.2, 0) is 21.3 Å². The maximum atomic E-state index is 12.4. The van der Waals surface area contributed by atoms with Gasteiger partial charge in [-0.3, -0.25) is 4.79 Å². The third-order valence-electron chi connectivity index (χ3n) is 4.30. The molecule has 0 aliphatic carbocycles. The summed E-state index contributed by atoms with van der Waals surface area (Å²) in [6.45, 7) is 0.184. The van der Waals surface area contributed by atoms with Crippen molar-refractivity contribution in [3.8, 4) is 0 Å². The van der Waals surface area contributed by atoms with Crippen LogP contribution in [0.3, 0.4) is 0 Å². The fourth-order valence-corrected chi connectivity index (χ4v) is 3.67. The first-order valence-corrected chi connectivity index (χ1v) is 10.5. The topological polar surface area (TPSA) is 102 Å². The number of hydrogen-bond donors (Lipinski definition) is 2. The van der Waals surface area contributed by atoms with E-state index in [4.69, 9.17) is 0 Å². The minimum atomic E-state index is -3.68. The molecule has 7 nitrogen and oxygen atoms in total. The third-order valence-corrected chi connectivity index (χ3v) is 5.72. The molecule has 0 radical (unpaired) electrons. The molecule has 0 aliphatic rings. The summed E-state index contributed by atoms with van der Waals surface area (Å²) in [5, 5.41) is 2.69. The van der Waals surface area contributed by atoms with Crippen LogP contribution in [0.15, 0.2) is 83.8 Å². The fourth-order valence-electron chi connectivity index (χ4n) is 2.65. The molecule has 3 aromatic rings. The standard InChI is InChI=1S/C22H20N2O5S/c1-29-22(26)18-9-7-17(8-10-18)21(25)24-19-11-13-20(14-12-19)30(27,28)23-15-16-5-3-2-4-6-16/h2-14,23H,15H2,1H3,(H,24,25). The zero-order valence-corrected chi connectivity index (χ0v) is 17.0. The second kappa shape index (κ2) is 9.34. The van der Waals surface area contributed by atoms with Gasteiger partial charge < -0.3 is 10.1 Å². The van der Waals surface area contributed by atoms with Crippen LogP contribution in [0.4, 0.5) is 5.69 Å². The van der Waals surface area contributed by atoms with Gasteiger partial charge >= 0.3 is 5.97 Å². The SMILES string of the molecule is COC(=O)c1ccc(C(=O)Nc2ccc(S(=O)(=O)NCc3ccccc3)cc2)cc1. The lowest BCUT2D eigenvalue weighted by molar-refractivity contribution is 0.0600. The fraction of sp³-hybridized carbons (Fsp3) is 0.0909. The van der Waals surface area contributed by atoms with E-state index in [1.54, 1.807) is 0 Å². The van der Waals surface area contributed by atoms with E-state index >= 15 is 0 Å². The first kappa shape index (κ1) is 21.2. The van der Waals surface area contributed by atoms with Crippen LogP contribution < -0.4 is 10.0 Å². The Balaban J connectivity index is 1.63. The number of amides is 1. The van der Waals surface area contributed by atoms with E-state index in [2.05, 4.69) is 14.8 Å². The number of methoxy groups -OCH3 is 1. The van der Waals surface area contributed by atoms with Gasteiger partial charge in [0.1, 0.15) is 0 Å². The minimum Gasteiger partial charge on any atom is -0.465 e. The lowest BCUT2D eigenvalue weighted by atomic mass is 10.1. The summed E-state index contributed by atoms with van der Waals surface area (Å²) in [7, 11) is -2.40. The minimum absolute atomic E-state index is 0.0962. The molecular weight excluding hydrogens is 404 g/mol. The van der Waals surface area contributed by atoms with Crippen molar-refractivity contribution < 1.29 is 22.7 Å². The zero-order chi connectivity index (χ0) is 21.6. The first-order valence-electron chi connectivity index (χ1n) is 9.02. The largest absolute Gasteiger partial charge is 0.465 e. The number of sulfonamides is 1. The van der Waals surface area contributed by atoms with Crippen LogP contribution in [0.2, 0.25) is 0 Å². The van der Waals surface area contributed by atoms with Crippen LogP contribution in [0.25, 0.3) is 0 Å². The number of rotatable bonds is 7. The molecule has 154 valence electrons. The van der Waals surface area contributed by atoms with Crippen molar-refractivity contribution in [3.63, 3.8) is 0 Å². The smallest absolute Gasteiger partial charge is 0.337 e. The number of hydrogen-bond acceptors (Lipinski definition) is 5. The predicted molar refractivity (Wildman–Crippen MR) is 113 cm³/mol. The Morgan fingerprint density at radius 2 is 1.43 bits per heavy atom. The van der Waals surface area contributed by atoms with Gasteiger partial charge in [-0.2, -0.15) is 0 Å². The number of carbonyl (C=O) groups is 2. The molecule has 0 bridgehead atoms. The number of esters is 1. The van der Waals surface area contributed by atoms with E-state index in [0.29, 0.717) is 16.8 Å². The Morgan fingerprint density at radius 3 is 2.03 bits per heavy atom. The van der Waals surface area contributed by atoms with E-state index in [-0.39, 0.29) is 17.3 Å². The molecule has 30 heavy (non-hydrogen) atoms. The van der Waals surface area contributed by atoms with E-state index in [9.17, 15) is 18.0 Å². The summed E-state index contributed by atoms with van der Waals surface area (Å²) in [4.78, 5) is 23.9. The Labute approximate surface area is 174 Å². The monoisotopic (exact) mass is 424 g/mol. The second-order valence-electron chi connectivity index (χ2n) is 6.36. The van der Waals surface area contributed by atoms with Crippen LogP contribution in [0, 0.1) is 0 Å². The number of ether oxygens (including phenoxy) is 1. The highest BCUT2D eigenvalue weighted by atomic mass is 32.2. The Kier molecular flexibility index (Phi) is 6.61. The molecule has 2 N–H and O–H groups in total. The molecule has 0 aromatic heterocycles. The zero-order valence-electron chi connectivity index (χ0n) is 16.2. The predicted octanol–water partition coefficient (Wildman–Crippen LogP) is 3.20. The highest BCUT2D eigenvalue weighted by Crippen LogP contribution is 2.16. The van der Waals surface area contributed by atoms with Gasteiger partial charge in [-0.05, 0) is 54.1 Å². The van der Waals surface area contributed by atoms with Crippen molar-refractivity contribution in [1.82, 2.24) is 4.72 Å². The van der Waals surface area contributed by atoms with E-state index in [1.807, 2.05) is 30.3 Å². The van der Waals surface area contributed by atoms with Crippen molar-refractivity contribution in [2.45, 2.75) is 11.4 Å². The van der Waals surface area contributed by atoms with Gasteiger partial charge in [-0.25, -0.2) is 17.9 Å². The molecule has 3 rings (SSSR count). The van der Waals surface area contributed by atoms with Crippen molar-refractivity contribution in [2.75, 3.05) is 12.4 Å². The molecule has 0 fully saturated rings. The van der Waals surface area contributed by atoms with Crippen LogP contribution in [0.5, 0.6) is 0 Å². The summed E-state index contributed by atoms with van der Waals surface area (Å²) in [6.07, 6.45) is 0. The summed E-state index contributed by atoms with van der Waals surface area (Å²) >= 11 is 0. The van der Waals surface area contributed by atoms with Crippen molar-refractivity contribution in [1.29, 1.82) is 0 Å². The lowest BCUT2D eigenvalue weighted by Gasteiger charge is -2.09. The number of carbonyl (C=O) groups excluding carboxylic acids is 2. The normalized spacial score (nSPS) is 11.0. The van der Waals surface area contributed by atoms with Crippen LogP contribution in [0.1, 0.15) is 26.3 Å². The number of anilines is 1. The molecule has 0 aliphatic heterocycles. The lowest BCUT2D eigenvalue weighted by Crippen LogP contribution is -2.23. The van der Waals surface area contributed by atoms with E-state index in [1.165, 1.54) is 55.6 Å². The molecule has 8 heteroatoms. The molecule has 0 unspecified atom stereocenters. The Hall–Kier alpha value is -3.49. The van der Waals surface area contributed by atoms with E-state index < -0.39 is 16.0 Å². The summed E-state index contributed by atoms with van der Waals surface area (Å²) in [5.74, 6) is -0.871. The van der Waals surface area contributed by atoms with Gasteiger partial charge in [-0.1, -0.05) is 30.3 Å². The quantitative estimate of drug-likeness (QED) is 0.567. The number of nitrogens with one attached hydrogen (secondary N) is 2. The highest BCUT2D eigenvalue weighted by Gasteiger charge is 2.14. The Bertz CT molecular complexity index is 1130. The number of benzene rings is 3. The highest BCUT2D eigenvalue weighted by molar-refractivity contribution is 7.89. The average molecular weight is 424 g/mol. The molecule has 0 saturated carbocycles. The average Bonchev–Trinajstić information content (AvgIpc) is 2.78. The van der Waals surface area contributed by atoms with Crippen molar-refractivity contribution in [3.05, 3.63) is 95.6 Å².